The Hall–Kier alpha value is -1.44. The van der Waals surface area contributed by atoms with Crippen LogP contribution in [0.5, 0.6) is 0 Å². The van der Waals surface area contributed by atoms with Crippen molar-refractivity contribution >= 4 is 29.7 Å². The fourth-order valence-electron chi connectivity index (χ4n) is 2.56. The maximum Gasteiger partial charge on any atom is 0.312 e. The maximum absolute atomic E-state index is 12.2. The van der Waals surface area contributed by atoms with E-state index < -0.39 is 24.0 Å². The summed E-state index contributed by atoms with van der Waals surface area (Å²) in [6.45, 7) is 0. The van der Waals surface area contributed by atoms with Gasteiger partial charge in [-0.05, 0) is 31.3 Å². The monoisotopic (exact) mass is 317 g/mol. The molecule has 3 amide bonds. The lowest BCUT2D eigenvalue weighted by Crippen LogP contribution is -2.54. The second-order valence-electron chi connectivity index (χ2n) is 5.19. The van der Waals surface area contributed by atoms with Crippen LogP contribution in [0.4, 0.5) is 4.79 Å². The van der Waals surface area contributed by atoms with E-state index in [0.29, 0.717) is 25.0 Å². The number of carboxylic acids is 1. The molecule has 1 aliphatic rings. The average molecular weight is 317 g/mol. The third-order valence-electron chi connectivity index (χ3n) is 3.65. The molecule has 0 aliphatic heterocycles. The molecule has 5 N–H and O–H groups in total. The van der Waals surface area contributed by atoms with E-state index in [4.69, 9.17) is 5.73 Å². The van der Waals surface area contributed by atoms with E-state index in [2.05, 4.69) is 10.6 Å². The number of rotatable bonds is 7. The third-order valence-corrected chi connectivity index (χ3v) is 4.30. The molecule has 21 heavy (non-hydrogen) atoms. The van der Waals surface area contributed by atoms with Crippen molar-refractivity contribution in [2.75, 3.05) is 12.0 Å². The van der Waals surface area contributed by atoms with Gasteiger partial charge in [0.1, 0.15) is 6.04 Å². The predicted octanol–water partition coefficient (Wildman–Crippen LogP) is 0.536. The van der Waals surface area contributed by atoms with E-state index >= 15 is 0 Å². The van der Waals surface area contributed by atoms with Gasteiger partial charge in [-0.1, -0.05) is 12.8 Å². The van der Waals surface area contributed by atoms with E-state index in [9.17, 15) is 19.5 Å². The van der Waals surface area contributed by atoms with Crippen molar-refractivity contribution in [2.24, 2.45) is 11.7 Å². The van der Waals surface area contributed by atoms with Gasteiger partial charge in [0.15, 0.2) is 0 Å². The largest absolute Gasteiger partial charge is 0.481 e. The van der Waals surface area contributed by atoms with E-state index in [-0.39, 0.29) is 11.9 Å². The van der Waals surface area contributed by atoms with Crippen molar-refractivity contribution in [1.82, 2.24) is 10.6 Å². The molecule has 1 saturated carbocycles. The van der Waals surface area contributed by atoms with Crippen LogP contribution in [0.3, 0.4) is 0 Å². The standard InChI is InChI=1S/C13H23N3O4S/c1-21-7-6-10(16-13(14)20)11(17)15-9-5-3-2-4-8(9)12(18)19/h8-10H,2-7H2,1H3,(H,15,17)(H,18,19)(H3,14,16,20). The SMILES string of the molecule is CSCCC(NC(N)=O)C(=O)NC1CCCCC1C(=O)O. The summed E-state index contributed by atoms with van der Waals surface area (Å²) in [6, 6.07) is -1.85. The van der Waals surface area contributed by atoms with Gasteiger partial charge in [0.05, 0.1) is 5.92 Å². The molecule has 1 aliphatic carbocycles. The highest BCUT2D eigenvalue weighted by atomic mass is 32.2. The van der Waals surface area contributed by atoms with Crippen molar-refractivity contribution in [2.45, 2.75) is 44.2 Å². The van der Waals surface area contributed by atoms with Crippen LogP contribution >= 0.6 is 11.8 Å². The number of thioether (sulfide) groups is 1. The van der Waals surface area contributed by atoms with Gasteiger partial charge in [0.25, 0.3) is 0 Å². The molecule has 3 atom stereocenters. The molecule has 0 saturated heterocycles. The smallest absolute Gasteiger partial charge is 0.312 e. The van der Waals surface area contributed by atoms with Crippen molar-refractivity contribution in [3.63, 3.8) is 0 Å². The van der Waals surface area contributed by atoms with Crippen LogP contribution in [-0.4, -0.2) is 47.1 Å². The average Bonchev–Trinajstić information content (AvgIpc) is 2.43. The summed E-state index contributed by atoms with van der Waals surface area (Å²) in [5.74, 6) is -1.10. The Morgan fingerprint density at radius 2 is 2.00 bits per heavy atom. The van der Waals surface area contributed by atoms with E-state index in [1.54, 1.807) is 11.8 Å². The number of hydrogen-bond donors (Lipinski definition) is 4. The van der Waals surface area contributed by atoms with Gasteiger partial charge in [0, 0.05) is 6.04 Å². The number of hydrogen-bond acceptors (Lipinski definition) is 4. The molecule has 0 aromatic carbocycles. The van der Waals surface area contributed by atoms with Crippen molar-refractivity contribution in [3.8, 4) is 0 Å². The van der Waals surface area contributed by atoms with E-state index in [1.165, 1.54) is 0 Å². The summed E-state index contributed by atoms with van der Waals surface area (Å²) in [5.41, 5.74) is 5.08. The number of amides is 3. The minimum atomic E-state index is -0.886. The zero-order valence-electron chi connectivity index (χ0n) is 12.1. The summed E-state index contributed by atoms with van der Waals surface area (Å²) in [6.07, 6.45) is 5.33. The quantitative estimate of drug-likeness (QED) is 0.546. The Balaban J connectivity index is 2.64. The fraction of sp³-hybridized carbons (Fsp3) is 0.769. The summed E-state index contributed by atoms with van der Waals surface area (Å²) in [7, 11) is 0. The van der Waals surface area contributed by atoms with Crippen molar-refractivity contribution < 1.29 is 19.5 Å². The maximum atomic E-state index is 12.2. The number of carbonyl (C=O) groups is 3. The summed E-state index contributed by atoms with van der Waals surface area (Å²) >= 11 is 1.56. The van der Waals surface area contributed by atoms with Gasteiger partial charge < -0.3 is 21.5 Å². The highest BCUT2D eigenvalue weighted by Crippen LogP contribution is 2.24. The van der Waals surface area contributed by atoms with Crippen LogP contribution in [0.25, 0.3) is 0 Å². The first-order valence-corrected chi connectivity index (χ1v) is 8.43. The Labute approximate surface area is 128 Å². The number of urea groups is 1. The summed E-state index contributed by atoms with van der Waals surface area (Å²) < 4.78 is 0. The molecule has 1 rings (SSSR count). The normalized spacial score (nSPS) is 23.1. The molecule has 3 unspecified atom stereocenters. The number of primary amides is 1. The lowest BCUT2D eigenvalue weighted by Gasteiger charge is -2.30. The first kappa shape index (κ1) is 17.6. The molecule has 120 valence electrons. The van der Waals surface area contributed by atoms with Crippen molar-refractivity contribution in [1.29, 1.82) is 0 Å². The fourth-order valence-corrected chi connectivity index (χ4v) is 3.03. The van der Waals surface area contributed by atoms with Crippen LogP contribution in [0.1, 0.15) is 32.1 Å². The molecule has 7 nitrogen and oxygen atoms in total. The number of aliphatic carboxylic acids is 1. The predicted molar refractivity (Wildman–Crippen MR) is 81.0 cm³/mol. The highest BCUT2D eigenvalue weighted by Gasteiger charge is 2.33. The van der Waals surface area contributed by atoms with Crippen LogP contribution in [0, 0.1) is 5.92 Å². The lowest BCUT2D eigenvalue weighted by molar-refractivity contribution is -0.144. The van der Waals surface area contributed by atoms with Gasteiger partial charge in [-0.25, -0.2) is 4.79 Å². The minimum Gasteiger partial charge on any atom is -0.481 e. The third kappa shape index (κ3) is 5.82. The van der Waals surface area contributed by atoms with E-state index in [0.717, 1.165) is 12.8 Å². The first-order chi connectivity index (χ1) is 9.95. The second-order valence-corrected chi connectivity index (χ2v) is 6.17. The summed E-state index contributed by atoms with van der Waals surface area (Å²) in [4.78, 5) is 34.4. The van der Waals surface area contributed by atoms with Crippen LogP contribution in [0.15, 0.2) is 0 Å². The molecule has 0 spiro atoms. The van der Waals surface area contributed by atoms with Crippen LogP contribution < -0.4 is 16.4 Å². The van der Waals surface area contributed by atoms with Gasteiger partial charge in [-0.3, -0.25) is 9.59 Å². The Kier molecular flexibility index (Phi) is 7.35. The number of nitrogens with one attached hydrogen (secondary N) is 2. The topological polar surface area (TPSA) is 122 Å². The van der Waals surface area contributed by atoms with Crippen LogP contribution in [0.2, 0.25) is 0 Å². The molecule has 1 fully saturated rings. The molecular formula is C13H23N3O4S. The zero-order chi connectivity index (χ0) is 15.8. The van der Waals surface area contributed by atoms with Gasteiger partial charge in [-0.2, -0.15) is 11.8 Å². The first-order valence-electron chi connectivity index (χ1n) is 7.03. The highest BCUT2D eigenvalue weighted by molar-refractivity contribution is 7.98. The number of carboxylic acid groups (broad SMARTS) is 1. The molecule has 0 bridgehead atoms. The van der Waals surface area contributed by atoms with Gasteiger partial charge in [0.2, 0.25) is 5.91 Å². The van der Waals surface area contributed by atoms with Crippen molar-refractivity contribution in [3.05, 3.63) is 0 Å². The molecular weight excluding hydrogens is 294 g/mol. The summed E-state index contributed by atoms with van der Waals surface area (Å²) in [5, 5.41) is 14.4. The number of nitrogens with two attached hydrogens (primary N) is 1. The number of carbonyl (C=O) groups excluding carboxylic acids is 2. The van der Waals surface area contributed by atoms with Crippen LogP contribution in [-0.2, 0) is 9.59 Å². The van der Waals surface area contributed by atoms with E-state index in [1.807, 2.05) is 6.26 Å². The second kappa shape index (κ2) is 8.76. The van der Waals surface area contributed by atoms with Gasteiger partial charge >= 0.3 is 12.0 Å². The minimum absolute atomic E-state index is 0.360. The Morgan fingerprint density at radius 3 is 2.57 bits per heavy atom. The van der Waals surface area contributed by atoms with Gasteiger partial charge in [-0.15, -0.1) is 0 Å². The lowest BCUT2D eigenvalue weighted by atomic mass is 9.84. The molecule has 0 radical (unpaired) electrons. The molecule has 0 aromatic rings. The Morgan fingerprint density at radius 1 is 1.33 bits per heavy atom. The molecule has 8 heteroatoms. The zero-order valence-corrected chi connectivity index (χ0v) is 12.9. The molecule has 0 heterocycles. The molecule has 0 aromatic heterocycles. The Bertz CT molecular complexity index is 392.